The van der Waals surface area contributed by atoms with Crippen molar-refractivity contribution in [2.24, 2.45) is 0 Å². The first-order chi connectivity index (χ1) is 8.54. The fourth-order valence-corrected chi connectivity index (χ4v) is 2.31. The summed E-state index contributed by atoms with van der Waals surface area (Å²) in [7, 11) is 1.87. The Balaban J connectivity index is 2.54. The van der Waals surface area contributed by atoms with Gasteiger partial charge in [-0.05, 0) is 43.0 Å². The molecular formula is C14H22N2OS. The van der Waals surface area contributed by atoms with E-state index in [1.807, 2.05) is 48.0 Å². The number of benzene rings is 1. The average Bonchev–Trinajstić information content (AvgIpc) is 2.35. The number of hydrogen-bond donors (Lipinski definition) is 1. The van der Waals surface area contributed by atoms with Gasteiger partial charge in [0.15, 0.2) is 0 Å². The highest BCUT2D eigenvalue weighted by Gasteiger charge is 2.15. The molecule has 1 rings (SSSR count). The molecule has 18 heavy (non-hydrogen) atoms. The Labute approximate surface area is 114 Å². The Morgan fingerprint density at radius 3 is 2.83 bits per heavy atom. The van der Waals surface area contributed by atoms with Gasteiger partial charge < -0.3 is 10.6 Å². The van der Waals surface area contributed by atoms with Crippen molar-refractivity contribution in [2.45, 2.75) is 25.8 Å². The van der Waals surface area contributed by atoms with E-state index in [4.69, 9.17) is 5.73 Å². The number of amides is 1. The molecule has 0 aliphatic heterocycles. The van der Waals surface area contributed by atoms with Crippen LogP contribution in [0.25, 0.3) is 0 Å². The second kappa shape index (κ2) is 7.31. The molecule has 1 aromatic carbocycles. The lowest BCUT2D eigenvalue weighted by Gasteiger charge is -2.25. The average molecular weight is 266 g/mol. The van der Waals surface area contributed by atoms with Crippen molar-refractivity contribution in [1.29, 1.82) is 0 Å². The second-order valence-corrected chi connectivity index (χ2v) is 5.54. The van der Waals surface area contributed by atoms with Crippen molar-refractivity contribution in [3.05, 3.63) is 29.8 Å². The topological polar surface area (TPSA) is 46.3 Å². The molecule has 1 amide bonds. The molecule has 2 N–H and O–H groups in total. The molecule has 3 nitrogen and oxygen atoms in total. The molecule has 0 fully saturated rings. The van der Waals surface area contributed by atoms with E-state index in [9.17, 15) is 4.79 Å². The summed E-state index contributed by atoms with van der Waals surface area (Å²) in [6, 6.07) is 7.80. The lowest BCUT2D eigenvalue weighted by molar-refractivity contribution is -0.130. The van der Waals surface area contributed by atoms with Crippen LogP contribution < -0.4 is 5.73 Å². The van der Waals surface area contributed by atoms with Gasteiger partial charge in [0, 0.05) is 18.8 Å². The quantitative estimate of drug-likeness (QED) is 0.804. The summed E-state index contributed by atoms with van der Waals surface area (Å²) in [5.74, 6) is 1.23. The van der Waals surface area contributed by atoms with Gasteiger partial charge in [-0.3, -0.25) is 4.79 Å². The minimum Gasteiger partial charge on any atom is -0.399 e. The van der Waals surface area contributed by atoms with Crippen LogP contribution >= 0.6 is 11.8 Å². The number of carbonyl (C=O) groups is 1. The number of likely N-dealkylation sites (N-methyl/N-ethyl adjacent to an activating group) is 1. The van der Waals surface area contributed by atoms with E-state index in [1.165, 1.54) is 0 Å². The Bertz CT molecular complexity index is 395. The highest BCUT2D eigenvalue weighted by Crippen LogP contribution is 2.11. The van der Waals surface area contributed by atoms with E-state index in [0.717, 1.165) is 17.7 Å². The second-order valence-electron chi connectivity index (χ2n) is 4.56. The number of rotatable bonds is 6. The molecule has 1 aromatic rings. The maximum atomic E-state index is 12.1. The number of thioether (sulfide) groups is 1. The number of anilines is 1. The molecule has 0 saturated heterocycles. The summed E-state index contributed by atoms with van der Waals surface area (Å²) >= 11 is 1.81. The van der Waals surface area contributed by atoms with Crippen LogP contribution in [0.4, 0.5) is 5.69 Å². The summed E-state index contributed by atoms with van der Waals surface area (Å²) < 4.78 is 0. The zero-order chi connectivity index (χ0) is 13.5. The minimum absolute atomic E-state index is 0.147. The van der Waals surface area contributed by atoms with Gasteiger partial charge in [-0.1, -0.05) is 12.1 Å². The van der Waals surface area contributed by atoms with Crippen LogP contribution in [-0.2, 0) is 11.2 Å². The molecule has 1 unspecified atom stereocenters. The highest BCUT2D eigenvalue weighted by molar-refractivity contribution is 7.98. The molecule has 0 spiro atoms. The third-order valence-corrected chi connectivity index (χ3v) is 3.74. The zero-order valence-electron chi connectivity index (χ0n) is 11.3. The highest BCUT2D eigenvalue weighted by atomic mass is 32.2. The number of nitrogens with zero attached hydrogens (tertiary/aromatic N) is 1. The minimum atomic E-state index is 0.147. The van der Waals surface area contributed by atoms with E-state index in [-0.39, 0.29) is 11.9 Å². The molecule has 100 valence electrons. The smallest absolute Gasteiger partial charge is 0.226 e. The third kappa shape index (κ3) is 4.61. The van der Waals surface area contributed by atoms with Gasteiger partial charge in [0.05, 0.1) is 6.42 Å². The summed E-state index contributed by atoms with van der Waals surface area (Å²) in [6.07, 6.45) is 3.53. The van der Waals surface area contributed by atoms with Gasteiger partial charge in [-0.25, -0.2) is 0 Å². The van der Waals surface area contributed by atoms with Gasteiger partial charge >= 0.3 is 0 Å². The van der Waals surface area contributed by atoms with Crippen LogP contribution in [-0.4, -0.2) is 35.9 Å². The molecule has 0 heterocycles. The molecule has 0 aliphatic rings. The van der Waals surface area contributed by atoms with E-state index in [2.05, 4.69) is 13.2 Å². The van der Waals surface area contributed by atoms with Crippen LogP contribution in [0.3, 0.4) is 0 Å². The first kappa shape index (κ1) is 14.9. The lowest BCUT2D eigenvalue weighted by atomic mass is 10.1. The van der Waals surface area contributed by atoms with E-state index in [0.29, 0.717) is 12.1 Å². The SMILES string of the molecule is CSCCC(C)N(C)C(=O)Cc1cccc(N)c1. The predicted molar refractivity (Wildman–Crippen MR) is 79.8 cm³/mol. The van der Waals surface area contributed by atoms with E-state index in [1.54, 1.807) is 0 Å². The van der Waals surface area contributed by atoms with Crippen LogP contribution in [0, 0.1) is 0 Å². The summed E-state index contributed by atoms with van der Waals surface area (Å²) in [5, 5.41) is 0. The van der Waals surface area contributed by atoms with Crippen molar-refractivity contribution in [1.82, 2.24) is 4.90 Å². The van der Waals surface area contributed by atoms with Crippen LogP contribution in [0.15, 0.2) is 24.3 Å². The molecule has 0 bridgehead atoms. The van der Waals surface area contributed by atoms with Gasteiger partial charge in [-0.2, -0.15) is 11.8 Å². The Morgan fingerprint density at radius 2 is 2.22 bits per heavy atom. The van der Waals surface area contributed by atoms with Gasteiger partial charge in [0.25, 0.3) is 0 Å². The van der Waals surface area contributed by atoms with Crippen molar-refractivity contribution in [3.63, 3.8) is 0 Å². The van der Waals surface area contributed by atoms with Crippen molar-refractivity contribution in [2.75, 3.05) is 24.8 Å². The van der Waals surface area contributed by atoms with Crippen LogP contribution in [0.1, 0.15) is 18.9 Å². The Hall–Kier alpha value is -1.16. The van der Waals surface area contributed by atoms with E-state index < -0.39 is 0 Å². The van der Waals surface area contributed by atoms with Crippen LogP contribution in [0.2, 0.25) is 0 Å². The summed E-state index contributed by atoms with van der Waals surface area (Å²) in [5.41, 5.74) is 7.39. The maximum absolute atomic E-state index is 12.1. The molecule has 1 atom stereocenters. The molecule has 0 radical (unpaired) electrons. The maximum Gasteiger partial charge on any atom is 0.226 e. The van der Waals surface area contributed by atoms with Gasteiger partial charge in [-0.15, -0.1) is 0 Å². The van der Waals surface area contributed by atoms with Gasteiger partial charge in [0.1, 0.15) is 0 Å². The standard InChI is InChI=1S/C14H22N2OS/c1-11(7-8-18-3)16(2)14(17)10-12-5-4-6-13(15)9-12/h4-6,9,11H,7-8,10,15H2,1-3H3. The molecule has 0 saturated carbocycles. The molecule has 4 heteroatoms. The molecular weight excluding hydrogens is 244 g/mol. The van der Waals surface area contributed by atoms with Crippen molar-refractivity contribution >= 4 is 23.4 Å². The third-order valence-electron chi connectivity index (χ3n) is 3.10. The monoisotopic (exact) mass is 266 g/mol. The Morgan fingerprint density at radius 1 is 1.50 bits per heavy atom. The summed E-state index contributed by atoms with van der Waals surface area (Å²) in [4.78, 5) is 13.9. The first-order valence-electron chi connectivity index (χ1n) is 6.13. The van der Waals surface area contributed by atoms with Crippen molar-refractivity contribution < 1.29 is 4.79 Å². The largest absolute Gasteiger partial charge is 0.399 e. The predicted octanol–water partition coefficient (Wildman–Crippen LogP) is 2.41. The molecule has 0 aliphatic carbocycles. The number of nitrogens with two attached hydrogens (primary N) is 1. The van der Waals surface area contributed by atoms with E-state index >= 15 is 0 Å². The zero-order valence-corrected chi connectivity index (χ0v) is 12.2. The fraction of sp³-hybridized carbons (Fsp3) is 0.500. The Kier molecular flexibility index (Phi) is 6.05. The van der Waals surface area contributed by atoms with Crippen LogP contribution in [0.5, 0.6) is 0 Å². The lowest BCUT2D eigenvalue weighted by Crippen LogP contribution is -2.36. The fourth-order valence-electron chi connectivity index (χ4n) is 1.73. The number of nitrogen functional groups attached to an aromatic ring is 1. The number of hydrogen-bond acceptors (Lipinski definition) is 3. The van der Waals surface area contributed by atoms with Gasteiger partial charge in [0.2, 0.25) is 5.91 Å². The normalized spacial score (nSPS) is 12.2. The molecule has 0 aromatic heterocycles. The first-order valence-corrected chi connectivity index (χ1v) is 7.53. The summed E-state index contributed by atoms with van der Waals surface area (Å²) in [6.45, 7) is 2.09. The number of carbonyl (C=O) groups excluding carboxylic acids is 1. The van der Waals surface area contributed by atoms with Crippen molar-refractivity contribution in [3.8, 4) is 0 Å².